The minimum absolute atomic E-state index is 0.282. The Bertz CT molecular complexity index is 898. The van der Waals surface area contributed by atoms with E-state index in [-0.39, 0.29) is 11.8 Å². The zero-order valence-electron chi connectivity index (χ0n) is 14.6. The summed E-state index contributed by atoms with van der Waals surface area (Å²) in [6.07, 6.45) is 1.87. The Labute approximate surface area is 152 Å². The smallest absolute Gasteiger partial charge is 0.267 e. The molecule has 0 aromatic heterocycles. The topological polar surface area (TPSA) is 49.9 Å². The minimum Gasteiger partial charge on any atom is -0.378 e. The molecule has 0 spiro atoms. The second-order valence-electron chi connectivity index (χ2n) is 6.52. The first-order valence-electron chi connectivity index (χ1n) is 8.73. The summed E-state index contributed by atoms with van der Waals surface area (Å²) >= 11 is 0. The number of morpholine rings is 1. The summed E-state index contributed by atoms with van der Waals surface area (Å²) in [5.74, 6) is -0.568. The van der Waals surface area contributed by atoms with Gasteiger partial charge in [0.2, 0.25) is 0 Å². The van der Waals surface area contributed by atoms with E-state index in [4.69, 9.17) is 4.74 Å². The predicted octanol–water partition coefficient (Wildman–Crippen LogP) is 2.86. The highest BCUT2D eigenvalue weighted by Crippen LogP contribution is 2.32. The van der Waals surface area contributed by atoms with Crippen LogP contribution in [0.4, 0.5) is 5.69 Å². The first kappa shape index (κ1) is 16.5. The largest absolute Gasteiger partial charge is 0.378 e. The van der Waals surface area contributed by atoms with Crippen molar-refractivity contribution in [2.24, 2.45) is 0 Å². The summed E-state index contributed by atoms with van der Waals surface area (Å²) in [5, 5.41) is 0. The Morgan fingerprint density at radius 3 is 2.38 bits per heavy atom. The van der Waals surface area contributed by atoms with Crippen LogP contribution in [0.2, 0.25) is 0 Å². The van der Waals surface area contributed by atoms with Gasteiger partial charge in [-0.2, -0.15) is 0 Å². The van der Waals surface area contributed by atoms with Crippen LogP contribution in [0.15, 0.2) is 54.7 Å². The Kier molecular flexibility index (Phi) is 4.31. The van der Waals surface area contributed by atoms with Crippen molar-refractivity contribution in [2.45, 2.75) is 6.92 Å². The molecule has 1 fully saturated rings. The van der Waals surface area contributed by atoms with E-state index >= 15 is 0 Å². The van der Waals surface area contributed by atoms with Crippen molar-refractivity contribution in [3.63, 3.8) is 0 Å². The number of rotatable bonds is 2. The standard InChI is InChI=1S/C21H20N2O3/c1-15-5-4-6-16(13-15)23-20(24)18-8-3-2-7-17(18)19(21(23)25)14-22-9-11-26-12-10-22/h2-8,13-14H,9-12H2,1H3. The Balaban J connectivity index is 1.83. The molecule has 0 aliphatic carbocycles. The number of ether oxygens (including phenoxy) is 1. The monoisotopic (exact) mass is 348 g/mol. The first-order chi connectivity index (χ1) is 12.6. The van der Waals surface area contributed by atoms with Crippen LogP contribution < -0.4 is 4.90 Å². The van der Waals surface area contributed by atoms with Crippen LogP contribution in [0.5, 0.6) is 0 Å². The number of carbonyl (C=O) groups is 2. The third-order valence-corrected chi connectivity index (χ3v) is 4.70. The van der Waals surface area contributed by atoms with E-state index in [1.54, 1.807) is 12.1 Å². The van der Waals surface area contributed by atoms with E-state index in [1.165, 1.54) is 4.90 Å². The van der Waals surface area contributed by atoms with E-state index in [2.05, 4.69) is 4.90 Å². The van der Waals surface area contributed by atoms with E-state index in [0.717, 1.165) is 18.7 Å². The van der Waals surface area contributed by atoms with E-state index in [9.17, 15) is 9.59 Å². The molecule has 2 aliphatic heterocycles. The number of imide groups is 1. The van der Waals surface area contributed by atoms with Gasteiger partial charge in [-0.3, -0.25) is 9.59 Å². The second kappa shape index (κ2) is 6.77. The van der Waals surface area contributed by atoms with Gasteiger partial charge in [-0.15, -0.1) is 0 Å². The molecule has 5 heteroatoms. The average Bonchev–Trinajstić information content (AvgIpc) is 2.66. The molecule has 2 aromatic carbocycles. The maximum Gasteiger partial charge on any atom is 0.267 e. The second-order valence-corrected chi connectivity index (χ2v) is 6.52. The molecule has 0 bridgehead atoms. The fourth-order valence-electron chi connectivity index (χ4n) is 3.37. The summed E-state index contributed by atoms with van der Waals surface area (Å²) in [5.41, 5.74) is 3.39. The molecular formula is C21H20N2O3. The Hall–Kier alpha value is -2.92. The molecule has 0 N–H and O–H groups in total. The Morgan fingerprint density at radius 1 is 0.923 bits per heavy atom. The summed E-state index contributed by atoms with van der Waals surface area (Å²) in [7, 11) is 0. The van der Waals surface area contributed by atoms with Crippen LogP contribution in [-0.4, -0.2) is 43.0 Å². The molecule has 2 aromatic rings. The van der Waals surface area contributed by atoms with Crippen LogP contribution in [0.1, 0.15) is 21.5 Å². The van der Waals surface area contributed by atoms with E-state index in [0.29, 0.717) is 35.6 Å². The molecule has 26 heavy (non-hydrogen) atoms. The molecular weight excluding hydrogens is 328 g/mol. The van der Waals surface area contributed by atoms with Gasteiger partial charge >= 0.3 is 0 Å². The normalized spacial score (nSPS) is 19.0. The summed E-state index contributed by atoms with van der Waals surface area (Å²) in [6, 6.07) is 14.8. The van der Waals surface area contributed by atoms with Gasteiger partial charge in [-0.1, -0.05) is 30.3 Å². The highest BCUT2D eigenvalue weighted by molar-refractivity contribution is 6.41. The molecule has 132 valence electrons. The lowest BCUT2D eigenvalue weighted by atomic mass is 9.93. The zero-order chi connectivity index (χ0) is 18.1. The SMILES string of the molecule is Cc1cccc(N2C(=O)C(=CN3CCOCC3)c3ccccc3C2=O)c1. The number of anilines is 1. The van der Waals surface area contributed by atoms with Crippen LogP contribution in [0.25, 0.3) is 5.57 Å². The number of carbonyl (C=O) groups excluding carboxylic acids is 2. The van der Waals surface area contributed by atoms with Gasteiger partial charge in [-0.25, -0.2) is 4.90 Å². The van der Waals surface area contributed by atoms with E-state index < -0.39 is 0 Å². The minimum atomic E-state index is -0.286. The molecule has 2 amide bonds. The van der Waals surface area contributed by atoms with Crippen molar-refractivity contribution < 1.29 is 14.3 Å². The fraction of sp³-hybridized carbons (Fsp3) is 0.238. The molecule has 0 radical (unpaired) electrons. The highest BCUT2D eigenvalue weighted by Gasteiger charge is 2.36. The average molecular weight is 348 g/mol. The van der Waals surface area contributed by atoms with Gasteiger partial charge in [0.15, 0.2) is 0 Å². The summed E-state index contributed by atoms with van der Waals surface area (Å²) in [6.45, 7) is 4.69. The molecule has 0 saturated carbocycles. The predicted molar refractivity (Wildman–Crippen MR) is 99.8 cm³/mol. The van der Waals surface area contributed by atoms with Gasteiger partial charge in [0, 0.05) is 30.4 Å². The van der Waals surface area contributed by atoms with Gasteiger partial charge < -0.3 is 9.64 Å². The number of nitrogens with zero attached hydrogens (tertiary/aromatic N) is 2. The van der Waals surface area contributed by atoms with Crippen molar-refractivity contribution in [3.8, 4) is 0 Å². The lowest BCUT2D eigenvalue weighted by Crippen LogP contribution is -2.43. The number of fused-ring (bicyclic) bond motifs is 1. The molecule has 0 unspecified atom stereocenters. The van der Waals surface area contributed by atoms with Crippen LogP contribution in [-0.2, 0) is 9.53 Å². The van der Waals surface area contributed by atoms with Gasteiger partial charge in [0.25, 0.3) is 11.8 Å². The number of aryl methyl sites for hydroxylation is 1. The van der Waals surface area contributed by atoms with E-state index in [1.807, 2.05) is 49.5 Å². The van der Waals surface area contributed by atoms with Crippen molar-refractivity contribution in [1.29, 1.82) is 0 Å². The van der Waals surface area contributed by atoms with Gasteiger partial charge in [0.1, 0.15) is 0 Å². The molecule has 2 aliphatic rings. The summed E-state index contributed by atoms with van der Waals surface area (Å²) < 4.78 is 5.39. The number of amides is 2. The molecule has 2 heterocycles. The lowest BCUT2D eigenvalue weighted by Gasteiger charge is -2.31. The number of hydrogen-bond donors (Lipinski definition) is 0. The number of benzene rings is 2. The van der Waals surface area contributed by atoms with Crippen LogP contribution >= 0.6 is 0 Å². The third-order valence-electron chi connectivity index (χ3n) is 4.70. The maximum atomic E-state index is 13.3. The van der Waals surface area contributed by atoms with Crippen molar-refractivity contribution in [1.82, 2.24) is 4.90 Å². The zero-order valence-corrected chi connectivity index (χ0v) is 14.6. The van der Waals surface area contributed by atoms with Gasteiger partial charge in [-0.05, 0) is 30.7 Å². The first-order valence-corrected chi connectivity index (χ1v) is 8.73. The Morgan fingerprint density at radius 2 is 1.65 bits per heavy atom. The molecule has 4 rings (SSSR count). The number of hydrogen-bond acceptors (Lipinski definition) is 4. The highest BCUT2D eigenvalue weighted by atomic mass is 16.5. The third kappa shape index (κ3) is 2.91. The van der Waals surface area contributed by atoms with Gasteiger partial charge in [0.05, 0.1) is 24.5 Å². The van der Waals surface area contributed by atoms with Crippen LogP contribution in [0.3, 0.4) is 0 Å². The molecule has 0 atom stereocenters. The summed E-state index contributed by atoms with van der Waals surface area (Å²) in [4.78, 5) is 29.6. The van der Waals surface area contributed by atoms with Crippen molar-refractivity contribution in [2.75, 3.05) is 31.2 Å². The fourth-order valence-corrected chi connectivity index (χ4v) is 3.37. The quantitative estimate of drug-likeness (QED) is 0.619. The van der Waals surface area contributed by atoms with Crippen molar-refractivity contribution in [3.05, 3.63) is 71.4 Å². The van der Waals surface area contributed by atoms with Crippen molar-refractivity contribution >= 4 is 23.1 Å². The van der Waals surface area contributed by atoms with Crippen LogP contribution in [0, 0.1) is 6.92 Å². The lowest BCUT2D eigenvalue weighted by molar-refractivity contribution is -0.112. The molecule has 5 nitrogen and oxygen atoms in total. The molecule has 1 saturated heterocycles. The maximum absolute atomic E-state index is 13.3.